The van der Waals surface area contributed by atoms with E-state index in [1.54, 1.807) is 17.1 Å². The largest absolute Gasteiger partial charge is 0.436 e. The van der Waals surface area contributed by atoms with Crippen molar-refractivity contribution in [3.63, 3.8) is 0 Å². The maximum absolute atomic E-state index is 8.82. The predicted molar refractivity (Wildman–Crippen MR) is 66.6 cm³/mol. The number of hydrogen-bond donors (Lipinski definition) is 0. The molecule has 92 valence electrons. The highest BCUT2D eigenvalue weighted by Crippen LogP contribution is 2.22. The lowest BCUT2D eigenvalue weighted by atomic mass is 10.3. The third-order valence-electron chi connectivity index (χ3n) is 2.23. The SMILES string of the molecule is CC(C)n1cc(Oc2cc(C#N)cc(Cl)n2)cn1. The van der Waals surface area contributed by atoms with Crippen molar-refractivity contribution in [2.75, 3.05) is 0 Å². The summed E-state index contributed by atoms with van der Waals surface area (Å²) in [6, 6.07) is 5.25. The van der Waals surface area contributed by atoms with E-state index in [0.29, 0.717) is 11.3 Å². The van der Waals surface area contributed by atoms with Gasteiger partial charge in [-0.25, -0.2) is 4.98 Å². The monoisotopic (exact) mass is 262 g/mol. The first kappa shape index (κ1) is 12.4. The van der Waals surface area contributed by atoms with Crippen LogP contribution in [0.15, 0.2) is 24.5 Å². The molecule has 0 aliphatic rings. The van der Waals surface area contributed by atoms with Gasteiger partial charge in [0.25, 0.3) is 0 Å². The molecule has 0 aliphatic carbocycles. The Bertz CT molecular complexity index is 600. The van der Waals surface area contributed by atoms with E-state index in [2.05, 4.69) is 10.1 Å². The molecule has 0 atom stereocenters. The van der Waals surface area contributed by atoms with E-state index >= 15 is 0 Å². The minimum atomic E-state index is 0.223. The zero-order valence-electron chi connectivity index (χ0n) is 9.96. The number of nitriles is 1. The van der Waals surface area contributed by atoms with Crippen molar-refractivity contribution in [2.45, 2.75) is 19.9 Å². The Morgan fingerprint density at radius 3 is 2.83 bits per heavy atom. The van der Waals surface area contributed by atoms with E-state index in [-0.39, 0.29) is 17.1 Å². The van der Waals surface area contributed by atoms with Gasteiger partial charge < -0.3 is 4.74 Å². The predicted octanol–water partition coefficient (Wildman–Crippen LogP) is 3.18. The molecule has 0 radical (unpaired) electrons. The number of nitrogens with zero attached hydrogens (tertiary/aromatic N) is 4. The summed E-state index contributed by atoms with van der Waals surface area (Å²) in [5, 5.41) is 13.2. The molecular weight excluding hydrogens is 252 g/mol. The Morgan fingerprint density at radius 2 is 2.22 bits per heavy atom. The van der Waals surface area contributed by atoms with E-state index in [1.165, 1.54) is 12.1 Å². The van der Waals surface area contributed by atoms with Gasteiger partial charge >= 0.3 is 0 Å². The molecule has 0 N–H and O–H groups in total. The van der Waals surface area contributed by atoms with Crippen molar-refractivity contribution < 1.29 is 4.74 Å². The van der Waals surface area contributed by atoms with Gasteiger partial charge in [-0.05, 0) is 19.9 Å². The summed E-state index contributed by atoms with van der Waals surface area (Å²) in [7, 11) is 0. The van der Waals surface area contributed by atoms with Crippen LogP contribution in [-0.4, -0.2) is 14.8 Å². The molecule has 6 heteroatoms. The van der Waals surface area contributed by atoms with Gasteiger partial charge in [0.1, 0.15) is 5.15 Å². The Balaban J connectivity index is 2.23. The van der Waals surface area contributed by atoms with Crippen LogP contribution in [0.3, 0.4) is 0 Å². The normalized spacial score (nSPS) is 10.4. The summed E-state index contributed by atoms with van der Waals surface area (Å²) >= 11 is 5.79. The van der Waals surface area contributed by atoms with Crippen molar-refractivity contribution >= 4 is 11.6 Å². The molecule has 0 aliphatic heterocycles. The molecule has 18 heavy (non-hydrogen) atoms. The minimum absolute atomic E-state index is 0.223. The lowest BCUT2D eigenvalue weighted by molar-refractivity contribution is 0.459. The Hall–Kier alpha value is -2.06. The first-order valence-electron chi connectivity index (χ1n) is 5.38. The maximum atomic E-state index is 8.82. The fourth-order valence-corrected chi connectivity index (χ4v) is 1.57. The van der Waals surface area contributed by atoms with Crippen molar-refractivity contribution in [1.29, 1.82) is 5.26 Å². The van der Waals surface area contributed by atoms with Crippen LogP contribution in [0.1, 0.15) is 25.5 Å². The topological polar surface area (TPSA) is 63.7 Å². The fourth-order valence-electron chi connectivity index (χ4n) is 1.37. The smallest absolute Gasteiger partial charge is 0.222 e. The molecule has 2 heterocycles. The zero-order chi connectivity index (χ0) is 13.1. The lowest BCUT2D eigenvalue weighted by Crippen LogP contribution is -1.99. The van der Waals surface area contributed by atoms with Gasteiger partial charge in [-0.2, -0.15) is 10.4 Å². The van der Waals surface area contributed by atoms with Crippen LogP contribution >= 0.6 is 11.6 Å². The molecule has 0 aromatic carbocycles. The number of pyridine rings is 1. The second-order valence-electron chi connectivity index (χ2n) is 3.98. The first-order chi connectivity index (χ1) is 8.58. The van der Waals surface area contributed by atoms with E-state index in [1.807, 2.05) is 19.9 Å². The Kier molecular flexibility index (Phi) is 3.49. The number of rotatable bonds is 3. The van der Waals surface area contributed by atoms with Gasteiger partial charge in [-0.3, -0.25) is 4.68 Å². The first-order valence-corrected chi connectivity index (χ1v) is 5.76. The van der Waals surface area contributed by atoms with Crippen LogP contribution in [-0.2, 0) is 0 Å². The second-order valence-corrected chi connectivity index (χ2v) is 4.37. The van der Waals surface area contributed by atoms with E-state index in [0.717, 1.165) is 0 Å². The van der Waals surface area contributed by atoms with Gasteiger partial charge in [-0.15, -0.1) is 0 Å². The molecule has 0 saturated carbocycles. The van der Waals surface area contributed by atoms with Crippen LogP contribution in [0.2, 0.25) is 5.15 Å². The summed E-state index contributed by atoms with van der Waals surface area (Å²) in [4.78, 5) is 3.99. The number of aromatic nitrogens is 3. The number of ether oxygens (including phenoxy) is 1. The molecule has 2 aromatic rings. The van der Waals surface area contributed by atoms with Crippen LogP contribution in [0, 0.1) is 11.3 Å². The zero-order valence-corrected chi connectivity index (χ0v) is 10.7. The molecule has 0 fully saturated rings. The summed E-state index contributed by atoms with van der Waals surface area (Å²) < 4.78 is 7.27. The summed E-state index contributed by atoms with van der Waals surface area (Å²) in [5.74, 6) is 0.838. The standard InChI is InChI=1S/C12H11ClN4O/c1-8(2)17-7-10(6-15-17)18-12-4-9(5-14)3-11(13)16-12/h3-4,6-8H,1-2H3. The molecule has 2 rings (SSSR count). The molecule has 0 bridgehead atoms. The quantitative estimate of drug-likeness (QED) is 0.797. The highest BCUT2D eigenvalue weighted by molar-refractivity contribution is 6.29. The highest BCUT2D eigenvalue weighted by atomic mass is 35.5. The van der Waals surface area contributed by atoms with E-state index < -0.39 is 0 Å². The number of halogens is 1. The summed E-state index contributed by atoms with van der Waals surface area (Å²) in [5.41, 5.74) is 0.404. The summed E-state index contributed by atoms with van der Waals surface area (Å²) in [6.45, 7) is 4.03. The molecule has 0 amide bonds. The van der Waals surface area contributed by atoms with Gasteiger partial charge in [0.05, 0.1) is 24.0 Å². The van der Waals surface area contributed by atoms with Gasteiger partial charge in [0.15, 0.2) is 5.75 Å². The molecular formula is C12H11ClN4O. The third kappa shape index (κ3) is 2.79. The Morgan fingerprint density at radius 1 is 1.44 bits per heavy atom. The summed E-state index contributed by atoms with van der Waals surface area (Å²) in [6.07, 6.45) is 3.36. The molecule has 5 nitrogen and oxygen atoms in total. The third-order valence-corrected chi connectivity index (χ3v) is 2.42. The highest BCUT2D eigenvalue weighted by Gasteiger charge is 2.06. The van der Waals surface area contributed by atoms with Gasteiger partial charge in [0, 0.05) is 12.1 Å². The average Bonchev–Trinajstić information content (AvgIpc) is 2.76. The van der Waals surface area contributed by atoms with Crippen LogP contribution in [0.5, 0.6) is 11.6 Å². The van der Waals surface area contributed by atoms with E-state index in [4.69, 9.17) is 21.6 Å². The van der Waals surface area contributed by atoms with Crippen LogP contribution in [0.4, 0.5) is 0 Å². The van der Waals surface area contributed by atoms with Crippen molar-refractivity contribution in [1.82, 2.24) is 14.8 Å². The van der Waals surface area contributed by atoms with Gasteiger partial charge in [-0.1, -0.05) is 11.6 Å². The molecule has 0 saturated heterocycles. The van der Waals surface area contributed by atoms with E-state index in [9.17, 15) is 0 Å². The number of hydrogen-bond acceptors (Lipinski definition) is 4. The fraction of sp³-hybridized carbons (Fsp3) is 0.250. The lowest BCUT2D eigenvalue weighted by Gasteiger charge is -2.04. The van der Waals surface area contributed by atoms with Crippen LogP contribution in [0.25, 0.3) is 0 Å². The molecule has 0 spiro atoms. The molecule has 2 aromatic heterocycles. The maximum Gasteiger partial charge on any atom is 0.222 e. The van der Waals surface area contributed by atoms with Crippen molar-refractivity contribution in [3.05, 3.63) is 35.2 Å². The molecule has 0 unspecified atom stereocenters. The van der Waals surface area contributed by atoms with Crippen molar-refractivity contribution in [2.24, 2.45) is 0 Å². The second kappa shape index (κ2) is 5.07. The van der Waals surface area contributed by atoms with Gasteiger partial charge in [0.2, 0.25) is 5.88 Å². The minimum Gasteiger partial charge on any atom is -0.436 e. The van der Waals surface area contributed by atoms with Crippen molar-refractivity contribution in [3.8, 4) is 17.7 Å². The Labute approximate surface area is 110 Å². The average molecular weight is 263 g/mol. The van der Waals surface area contributed by atoms with Crippen LogP contribution < -0.4 is 4.74 Å².